The van der Waals surface area contributed by atoms with Gasteiger partial charge in [-0.1, -0.05) is 17.7 Å². The molecule has 5 amide bonds. The van der Waals surface area contributed by atoms with Gasteiger partial charge in [-0.15, -0.1) is 0 Å². The highest BCUT2D eigenvalue weighted by Crippen LogP contribution is 2.46. The summed E-state index contributed by atoms with van der Waals surface area (Å²) in [4.78, 5) is 80.4. The summed E-state index contributed by atoms with van der Waals surface area (Å²) in [5.41, 5.74) is 5.19. The van der Waals surface area contributed by atoms with Gasteiger partial charge in [0, 0.05) is 105 Å². The summed E-state index contributed by atoms with van der Waals surface area (Å²) in [5.74, 6) is -1.91. The predicted octanol–water partition coefficient (Wildman–Crippen LogP) is 5.60. The first-order chi connectivity index (χ1) is 28.5. The van der Waals surface area contributed by atoms with E-state index in [1.54, 1.807) is 12.1 Å². The highest BCUT2D eigenvalue weighted by atomic mass is 35.5. The van der Waals surface area contributed by atoms with Crippen LogP contribution in [0.3, 0.4) is 0 Å². The number of imide groups is 2. The van der Waals surface area contributed by atoms with E-state index in [1.165, 1.54) is 0 Å². The van der Waals surface area contributed by atoms with E-state index < -0.39 is 29.7 Å². The fourth-order valence-corrected chi connectivity index (χ4v) is 10.7. The molecular formula is C45H49ClN8O5. The van der Waals surface area contributed by atoms with Crippen molar-refractivity contribution in [2.24, 2.45) is 5.41 Å². The third kappa shape index (κ3) is 7.31. The van der Waals surface area contributed by atoms with Crippen LogP contribution in [0, 0.1) is 12.0 Å². The maximum Gasteiger partial charge on any atom is 0.262 e. The number of rotatable bonds is 6. The van der Waals surface area contributed by atoms with Gasteiger partial charge in [-0.2, -0.15) is 0 Å². The van der Waals surface area contributed by atoms with Gasteiger partial charge in [0.1, 0.15) is 6.04 Å². The average molecular weight is 817 g/mol. The van der Waals surface area contributed by atoms with Crippen LogP contribution in [0.4, 0.5) is 22.7 Å². The number of nitrogens with one attached hydrogen (secondary N) is 1. The number of hydrogen-bond acceptors (Lipinski definition) is 9. The summed E-state index contributed by atoms with van der Waals surface area (Å²) in [7, 11) is 0. The second-order valence-electron chi connectivity index (χ2n) is 17.2. The zero-order chi connectivity index (χ0) is 41.0. The molecule has 1 N–H and O–H groups in total. The van der Waals surface area contributed by atoms with Crippen LogP contribution in [0.5, 0.6) is 0 Å². The topological polar surface area (TPSA) is 121 Å². The Kier molecular flexibility index (Phi) is 10.3. The van der Waals surface area contributed by atoms with Gasteiger partial charge < -0.3 is 19.6 Å². The SMILES string of the molecule is [C-]#[N+]c1ccc(N2CC3(CCN(c4ccc(C(=O)N5CCN(C6CCN(c7ccc8c(c7)C(=O)N(C7CCC(=O)NC7=O)C8=O)CC6)CC5)cc4)CC3)C[C@@H]2C)cc1Cl. The van der Waals surface area contributed by atoms with E-state index in [-0.39, 0.29) is 29.7 Å². The molecule has 0 radical (unpaired) electrons. The van der Waals surface area contributed by atoms with Gasteiger partial charge in [-0.3, -0.25) is 39.1 Å². The molecule has 6 heterocycles. The molecule has 5 fully saturated rings. The molecule has 3 aromatic carbocycles. The molecule has 0 aliphatic carbocycles. The monoisotopic (exact) mass is 816 g/mol. The van der Waals surface area contributed by atoms with Crippen LogP contribution in [0.15, 0.2) is 60.7 Å². The molecule has 5 saturated heterocycles. The van der Waals surface area contributed by atoms with E-state index in [0.29, 0.717) is 41.4 Å². The van der Waals surface area contributed by atoms with Crippen molar-refractivity contribution in [2.75, 3.05) is 73.6 Å². The molecule has 3 aromatic rings. The van der Waals surface area contributed by atoms with E-state index >= 15 is 0 Å². The van der Waals surface area contributed by atoms with Crippen molar-refractivity contribution in [3.05, 3.63) is 93.8 Å². The van der Waals surface area contributed by atoms with E-state index in [9.17, 15) is 24.0 Å². The molecule has 13 nitrogen and oxygen atoms in total. The number of piperazine rings is 1. The van der Waals surface area contributed by atoms with Gasteiger partial charge in [0.05, 0.1) is 17.7 Å². The average Bonchev–Trinajstić information content (AvgIpc) is 3.71. The fraction of sp³-hybridized carbons (Fsp3) is 0.467. The smallest absolute Gasteiger partial charge is 0.262 e. The summed E-state index contributed by atoms with van der Waals surface area (Å²) >= 11 is 6.39. The molecule has 306 valence electrons. The van der Waals surface area contributed by atoms with Crippen molar-refractivity contribution in [3.63, 3.8) is 0 Å². The summed E-state index contributed by atoms with van der Waals surface area (Å²) in [5, 5.41) is 2.76. The van der Waals surface area contributed by atoms with E-state index in [4.69, 9.17) is 18.2 Å². The molecular weight excluding hydrogens is 768 g/mol. The molecule has 1 spiro atoms. The van der Waals surface area contributed by atoms with Crippen molar-refractivity contribution < 1.29 is 24.0 Å². The second-order valence-corrected chi connectivity index (χ2v) is 17.6. The number of anilines is 3. The Balaban J connectivity index is 0.736. The van der Waals surface area contributed by atoms with E-state index in [0.717, 1.165) is 105 Å². The number of benzene rings is 3. The van der Waals surface area contributed by atoms with Crippen LogP contribution in [-0.4, -0.2) is 121 Å². The van der Waals surface area contributed by atoms with Gasteiger partial charge in [-0.05, 0) is 105 Å². The van der Waals surface area contributed by atoms with Crippen molar-refractivity contribution in [3.8, 4) is 0 Å². The molecule has 0 bridgehead atoms. The molecule has 59 heavy (non-hydrogen) atoms. The lowest BCUT2D eigenvalue weighted by Crippen LogP contribution is -2.54. The van der Waals surface area contributed by atoms with Crippen LogP contribution in [0.1, 0.15) is 82.9 Å². The van der Waals surface area contributed by atoms with Gasteiger partial charge in [0.25, 0.3) is 17.7 Å². The maximum atomic E-state index is 13.6. The van der Waals surface area contributed by atoms with Crippen LogP contribution < -0.4 is 20.0 Å². The zero-order valence-corrected chi connectivity index (χ0v) is 34.1. The molecule has 14 heteroatoms. The normalized spacial score (nSPS) is 23.8. The second kappa shape index (κ2) is 15.6. The summed E-state index contributed by atoms with van der Waals surface area (Å²) < 4.78 is 0. The predicted molar refractivity (Wildman–Crippen MR) is 225 cm³/mol. The minimum absolute atomic E-state index is 0.0778. The van der Waals surface area contributed by atoms with Crippen LogP contribution in [0.25, 0.3) is 4.85 Å². The number of carbonyl (C=O) groups is 5. The quantitative estimate of drug-likeness (QED) is 0.250. The van der Waals surface area contributed by atoms with Crippen molar-refractivity contribution in [1.82, 2.24) is 20.0 Å². The van der Waals surface area contributed by atoms with Gasteiger partial charge in [-0.25, -0.2) is 4.85 Å². The van der Waals surface area contributed by atoms with Crippen LogP contribution in [-0.2, 0) is 9.59 Å². The Morgan fingerprint density at radius 1 is 0.780 bits per heavy atom. The summed E-state index contributed by atoms with van der Waals surface area (Å²) in [6.45, 7) is 17.2. The molecule has 9 rings (SSSR count). The maximum absolute atomic E-state index is 13.6. The standard InChI is InChI=1S/C45H49ClN8O5/c1-29-27-45(28-53(29)34-8-10-38(47-2)37(46)26-34)15-19-50(20-16-45)31-5-3-30(4-6-31)42(57)52-23-21-51(22-24-52)32-13-17-49(18-14-32)33-7-9-35-36(25-33)44(59)54(43(35)58)39-11-12-40(55)48-41(39)56/h3-10,25-26,29,32,39H,11-24,27-28H2,1H3,(H,48,55,56)/t29-,39?/m0/s1. The minimum Gasteiger partial charge on any atom is -0.371 e. The lowest BCUT2D eigenvalue weighted by Gasteiger charge is -2.43. The van der Waals surface area contributed by atoms with Crippen molar-refractivity contribution in [2.45, 2.75) is 70.0 Å². The fourth-order valence-electron chi connectivity index (χ4n) is 10.5. The van der Waals surface area contributed by atoms with E-state index in [1.807, 2.05) is 41.3 Å². The summed E-state index contributed by atoms with van der Waals surface area (Å²) in [6.07, 6.45) is 5.47. The molecule has 6 aliphatic rings. The number of fused-ring (bicyclic) bond motifs is 1. The Labute approximate surface area is 349 Å². The number of nitrogens with zero attached hydrogens (tertiary/aromatic N) is 7. The van der Waals surface area contributed by atoms with Gasteiger partial charge in [0.15, 0.2) is 0 Å². The lowest BCUT2D eigenvalue weighted by atomic mass is 9.76. The van der Waals surface area contributed by atoms with Crippen LogP contribution >= 0.6 is 11.6 Å². The van der Waals surface area contributed by atoms with Crippen LogP contribution in [0.2, 0.25) is 5.02 Å². The van der Waals surface area contributed by atoms with Crippen molar-refractivity contribution in [1.29, 1.82) is 0 Å². The Bertz CT molecular complexity index is 2230. The highest BCUT2D eigenvalue weighted by molar-refractivity contribution is 6.33. The Hall–Kier alpha value is -5.45. The first kappa shape index (κ1) is 39.0. The highest BCUT2D eigenvalue weighted by Gasteiger charge is 2.46. The zero-order valence-electron chi connectivity index (χ0n) is 33.4. The molecule has 1 unspecified atom stereocenters. The lowest BCUT2D eigenvalue weighted by molar-refractivity contribution is -0.136. The van der Waals surface area contributed by atoms with Gasteiger partial charge in [0.2, 0.25) is 17.5 Å². The Morgan fingerprint density at radius 2 is 1.44 bits per heavy atom. The largest absolute Gasteiger partial charge is 0.371 e. The Morgan fingerprint density at radius 3 is 2.12 bits per heavy atom. The number of hydrogen-bond donors (Lipinski definition) is 1. The molecule has 0 saturated carbocycles. The van der Waals surface area contributed by atoms with E-state index in [2.05, 4.69) is 48.8 Å². The third-order valence-electron chi connectivity index (χ3n) is 13.8. The third-order valence-corrected chi connectivity index (χ3v) is 14.1. The van der Waals surface area contributed by atoms with Gasteiger partial charge >= 0.3 is 0 Å². The number of amides is 5. The first-order valence-corrected chi connectivity index (χ1v) is 21.3. The number of piperidine rings is 3. The number of carbonyl (C=O) groups excluding carboxylic acids is 5. The molecule has 2 atom stereocenters. The minimum atomic E-state index is -0.978. The summed E-state index contributed by atoms with van der Waals surface area (Å²) in [6, 6.07) is 19.1. The molecule has 0 aromatic heterocycles. The number of halogens is 1. The first-order valence-electron chi connectivity index (χ1n) is 20.9. The van der Waals surface area contributed by atoms with Crippen molar-refractivity contribution >= 4 is 63.9 Å². The molecule has 6 aliphatic heterocycles.